The number of likely N-dealkylation sites (N-methyl/N-ethyl adjacent to an activating group) is 3. The van der Waals surface area contributed by atoms with Crippen molar-refractivity contribution >= 4 is 123 Å². The van der Waals surface area contributed by atoms with E-state index in [0.717, 1.165) is 31.5 Å². The van der Waals surface area contributed by atoms with Crippen LogP contribution in [0.3, 0.4) is 0 Å². The van der Waals surface area contributed by atoms with E-state index in [9.17, 15) is 68.3 Å². The zero-order valence-corrected chi connectivity index (χ0v) is 76.2. The number of para-hydroxylation sites is 1. The zero-order chi connectivity index (χ0) is 98.8. The first-order valence-electron chi connectivity index (χ1n) is 44.2. The van der Waals surface area contributed by atoms with Gasteiger partial charge in [0.15, 0.2) is 17.5 Å². The fourth-order valence-electron chi connectivity index (χ4n) is 16.4. The number of aromatic nitrogens is 1. The number of nitrogens with zero attached hydrogens (tertiary/aromatic N) is 5. The van der Waals surface area contributed by atoms with Crippen LogP contribution in [-0.2, 0) is 114 Å². The van der Waals surface area contributed by atoms with E-state index in [1.165, 1.54) is 76.5 Å². The van der Waals surface area contributed by atoms with E-state index >= 15 is 51.9 Å². The van der Waals surface area contributed by atoms with Gasteiger partial charge in [-0.05, 0) is 121 Å². The third kappa shape index (κ3) is 29.2. The number of aromatic amines is 1. The average Bonchev–Trinajstić information content (AvgIpc) is 1.35. The summed E-state index contributed by atoms with van der Waals surface area (Å²) in [5, 5.41) is 76.2. The number of unbranched alkanes of at least 4 members (excludes halogenated alkanes) is 1. The maximum atomic E-state index is 15.7. The fourth-order valence-corrected chi connectivity index (χ4v) is 17.2. The number of hydrogen-bond acceptors (Lipinski definition) is 22. The highest BCUT2D eigenvalue weighted by atomic mass is 32.2. The van der Waals surface area contributed by atoms with Gasteiger partial charge in [-0.15, -0.1) is 11.8 Å². The molecule has 14 atom stereocenters. The summed E-state index contributed by atoms with van der Waals surface area (Å²) in [4.78, 5) is 258. The van der Waals surface area contributed by atoms with Crippen LogP contribution in [-0.4, -0.2) is 299 Å². The number of carbonyl (C=O) groups is 17. The molecule has 3 aliphatic rings. The molecule has 9 rings (SSSR count). The number of benzene rings is 5. The lowest BCUT2D eigenvalue weighted by Crippen LogP contribution is -2.62. The molecule has 19 N–H and O–H groups in total. The Morgan fingerprint density at radius 3 is 1.70 bits per heavy atom. The molecule has 0 spiro atoms. The Kier molecular flexibility index (Phi) is 38.4. The largest absolute Gasteiger partial charge is 0.508 e. The number of nitrogens with one attached hydrogen (secondary N) is 10. The summed E-state index contributed by atoms with van der Waals surface area (Å²) in [5.41, 5.74) is 13.0. The second kappa shape index (κ2) is 49.3. The number of rotatable bonds is 25. The monoisotopic (exact) mass is 1900 g/mol. The van der Waals surface area contributed by atoms with Gasteiger partial charge in [-0.3, -0.25) is 81.5 Å². The molecule has 1 aromatic heterocycles. The molecule has 0 aliphatic carbocycles. The number of carbonyl (C=O) groups excluding carboxylic acids is 15. The minimum Gasteiger partial charge on any atom is -0.508 e. The predicted molar refractivity (Wildman–Crippen MR) is 483 cm³/mol. The number of aliphatic hydroxyl groups excluding tert-OH is 1. The second-order valence-corrected chi connectivity index (χ2v) is 35.1. The Morgan fingerprint density at radius 1 is 0.533 bits per heavy atom. The molecule has 0 radical (unpaired) electrons. The average molecular weight is 1900 g/mol. The van der Waals surface area contributed by atoms with E-state index in [0.29, 0.717) is 52.3 Å². The van der Waals surface area contributed by atoms with E-state index in [1.807, 2.05) is 0 Å². The van der Waals surface area contributed by atoms with Crippen LogP contribution in [0, 0.1) is 23.4 Å². The number of primary amides is 1. The maximum Gasteiger partial charge on any atom is 0.305 e. The lowest BCUT2D eigenvalue weighted by molar-refractivity contribution is -0.152. The molecule has 3 saturated heterocycles. The molecule has 43 heteroatoms. The number of amides is 15. The van der Waals surface area contributed by atoms with E-state index in [2.05, 4.69) is 52.8 Å². The van der Waals surface area contributed by atoms with Crippen LogP contribution >= 0.6 is 11.8 Å². The van der Waals surface area contributed by atoms with Gasteiger partial charge in [0, 0.05) is 102 Å². The number of H-pyrrole nitrogens is 1. The van der Waals surface area contributed by atoms with Crippen LogP contribution in [0.1, 0.15) is 119 Å². The molecule has 6 aromatic rings. The highest BCUT2D eigenvalue weighted by molar-refractivity contribution is 8.00. The number of fused-ring (bicyclic) bond motifs is 3. The van der Waals surface area contributed by atoms with Gasteiger partial charge >= 0.3 is 11.9 Å². The Bertz CT molecular complexity index is 5270. The number of phenolic OH excluding ortho intramolecular Hbond substituents is 2. The standard InChI is InChI=1S/C92H116F3N17O22S/c1-7-8-21-70-91(133)111-34-15-22-69(111)85(127)105-66(43-77(120)121)84(126)107-79(49(2)3)92(134)109(5)71(39-50-16-10-9-11-17-50)86(128)102-63(31-32-76(118)119)89(131)112-46-57(115)42-72(112)87(129)104-65(41-54-44-98-61-19-13-12-18-58(54)61)83(125)103-64(37-51-23-27-55(113)28-24-51)82(124)101-62(20-14-33-96)81(123)106-68(80(122)99-45-74(97)116)47-135-48-75(117)100-67(38-53-35-59(93)78(95)60(94)36-53)88(130)110(6)73(90(132)108(70)4)40-52-25-29-56(114)30-26-52/h9-13,16-19,23-30,35-36,44,49,57,62-73,79,98,113-115H,7-8,14-15,20-22,31-34,37-43,45-48,96H2,1-6H3,(H2,97,116)(H,99,122)(H,100,117)(H,101,124)(H,102,128)(H,103,125)(H,104,129)(H,105,127)(H,106,123)(H,107,126)(H,118,119)(H,120,121)/t57-,62+,63+,64+,65+,66+,67+,68+,69-,70+,71+,72-,73+,79+/m1/s1. The number of aliphatic hydroxyl groups is 1. The number of aliphatic carboxylic acids is 2. The molecule has 728 valence electrons. The molecule has 5 aromatic carbocycles. The predicted octanol–water partition coefficient (Wildman–Crippen LogP) is 0.0948. The van der Waals surface area contributed by atoms with Crippen molar-refractivity contribution in [3.05, 3.63) is 167 Å². The minimum absolute atomic E-state index is 0.00994. The zero-order valence-electron chi connectivity index (χ0n) is 75.4. The van der Waals surface area contributed by atoms with Crippen LogP contribution in [0.15, 0.2) is 121 Å². The molecule has 3 aliphatic heterocycles. The molecule has 0 bridgehead atoms. The molecule has 0 saturated carbocycles. The van der Waals surface area contributed by atoms with Gasteiger partial charge in [-0.1, -0.05) is 106 Å². The Morgan fingerprint density at radius 2 is 1.08 bits per heavy atom. The topological polar surface area (TPSA) is 584 Å². The van der Waals surface area contributed by atoms with Gasteiger partial charge in [0.1, 0.15) is 90.0 Å². The van der Waals surface area contributed by atoms with Crippen molar-refractivity contribution in [2.45, 2.75) is 208 Å². The second-order valence-electron chi connectivity index (χ2n) is 34.1. The minimum atomic E-state index is -2.01. The number of nitrogens with two attached hydrogens (primary N) is 2. The van der Waals surface area contributed by atoms with Crippen molar-refractivity contribution in [2.75, 3.05) is 58.8 Å². The third-order valence-corrected chi connectivity index (χ3v) is 24.8. The quantitative estimate of drug-likeness (QED) is 0.0338. The number of carboxylic acids is 2. The summed E-state index contributed by atoms with van der Waals surface area (Å²) in [6.45, 7) is 3.08. The van der Waals surface area contributed by atoms with Gasteiger partial charge in [0.25, 0.3) is 0 Å². The Hall–Kier alpha value is -13.7. The fraction of sp³-hybridized carbons (Fsp3) is 0.467. The molecule has 3 fully saturated rings. The number of thioether (sulfide) groups is 1. The maximum absolute atomic E-state index is 15.7. The summed E-state index contributed by atoms with van der Waals surface area (Å²) >= 11 is 0.620. The van der Waals surface area contributed by atoms with Crippen molar-refractivity contribution in [3.8, 4) is 11.5 Å². The molecule has 15 amide bonds. The third-order valence-electron chi connectivity index (χ3n) is 23.8. The van der Waals surface area contributed by atoms with E-state index in [-0.39, 0.29) is 87.1 Å². The highest BCUT2D eigenvalue weighted by Crippen LogP contribution is 2.29. The van der Waals surface area contributed by atoms with Crippen molar-refractivity contribution in [1.29, 1.82) is 0 Å². The molecule has 4 heterocycles. The molecular formula is C92H116F3N17O22S. The summed E-state index contributed by atoms with van der Waals surface area (Å²) < 4.78 is 45.1. The summed E-state index contributed by atoms with van der Waals surface area (Å²) in [7, 11) is 3.55. The van der Waals surface area contributed by atoms with E-state index in [4.69, 9.17) is 11.5 Å². The van der Waals surface area contributed by atoms with Crippen molar-refractivity contribution in [1.82, 2.24) is 77.3 Å². The first-order valence-corrected chi connectivity index (χ1v) is 45.4. The van der Waals surface area contributed by atoms with Crippen LogP contribution < -0.4 is 59.3 Å². The highest BCUT2D eigenvalue weighted by Gasteiger charge is 2.48. The van der Waals surface area contributed by atoms with Crippen molar-refractivity contribution in [2.24, 2.45) is 17.4 Å². The lowest BCUT2D eigenvalue weighted by Gasteiger charge is -2.38. The van der Waals surface area contributed by atoms with Crippen LogP contribution in [0.25, 0.3) is 10.9 Å². The van der Waals surface area contributed by atoms with Gasteiger partial charge < -0.3 is 114 Å². The normalized spacial score (nSPS) is 23.9. The number of aromatic hydroxyl groups is 2. The molecular weight excluding hydrogens is 1780 g/mol. The van der Waals surface area contributed by atoms with Crippen LogP contribution in [0.2, 0.25) is 0 Å². The molecule has 0 unspecified atom stereocenters. The summed E-state index contributed by atoms with van der Waals surface area (Å²) in [6, 6.07) is 4.26. The number of halogens is 3. The summed E-state index contributed by atoms with van der Waals surface area (Å²) in [6.07, 6.45) is -5.16. The number of phenols is 2. The van der Waals surface area contributed by atoms with Gasteiger partial charge in [-0.2, -0.15) is 0 Å². The first kappa shape index (κ1) is 105. The summed E-state index contributed by atoms with van der Waals surface area (Å²) in [5.74, 6) is -27.1. The number of carboxylic acid groups (broad SMARTS) is 2. The Labute approximate surface area is 779 Å². The smallest absolute Gasteiger partial charge is 0.305 e. The van der Waals surface area contributed by atoms with Crippen LogP contribution in [0.5, 0.6) is 11.5 Å². The van der Waals surface area contributed by atoms with Crippen molar-refractivity contribution in [3.63, 3.8) is 0 Å². The van der Waals surface area contributed by atoms with Crippen LogP contribution in [0.4, 0.5) is 13.2 Å². The van der Waals surface area contributed by atoms with E-state index in [1.54, 1.807) is 67.7 Å². The number of hydrogen-bond donors (Lipinski definition) is 17. The molecule has 39 nitrogen and oxygen atoms in total. The first-order chi connectivity index (χ1) is 64.1. The van der Waals surface area contributed by atoms with Crippen molar-refractivity contribution < 1.29 is 120 Å². The SMILES string of the molecule is CCCC[C@H]1C(=O)N2CCC[C@@H]2C(=O)N[C@@H](CC(=O)O)C(=O)N[C@@H](C(C)C)C(=O)N(C)[C@@H](Cc2ccccc2)C(=O)N[C@@H](CCC(=O)O)C(=O)N2C[C@H](O)C[C@@H]2C(=O)N[C@@H](Cc2c[nH]c3ccccc23)C(=O)N[C@@H](Cc2ccc(O)cc2)C(=O)N[C@@H](CCCN)C(=O)N[C@H](C(=O)NCC(N)=O)CSCC(=O)N[C@@H](Cc2cc(F)c(F)c(F)c2)C(=O)N(C)[C@@H](Cc2ccc(O)cc2)C(=O)N1C. The lowest BCUT2D eigenvalue weighted by atomic mass is 9.98. The van der Waals surface area contributed by atoms with Gasteiger partial charge in [-0.25, -0.2) is 13.2 Å². The van der Waals surface area contributed by atoms with E-state index < -0.39 is 284 Å². The van der Waals surface area contributed by atoms with Gasteiger partial charge in [0.05, 0.1) is 24.8 Å². The molecule has 135 heavy (non-hydrogen) atoms. The van der Waals surface area contributed by atoms with Gasteiger partial charge in [0.2, 0.25) is 88.6 Å². The Balaban J connectivity index is 1.14.